The Balaban J connectivity index is 2.01. The summed E-state index contributed by atoms with van der Waals surface area (Å²) < 4.78 is 5.16. The highest BCUT2D eigenvalue weighted by Gasteiger charge is 2.41. The van der Waals surface area contributed by atoms with E-state index in [2.05, 4.69) is 10.3 Å². The molecule has 1 saturated carbocycles. The molecule has 0 amide bonds. The Bertz CT molecular complexity index is 226. The second kappa shape index (κ2) is 2.34. The van der Waals surface area contributed by atoms with Gasteiger partial charge in [-0.15, -0.1) is 0 Å². The van der Waals surface area contributed by atoms with Gasteiger partial charge in [0.15, 0.2) is 6.39 Å². The Morgan fingerprint density at radius 3 is 3.00 bits per heavy atom. The van der Waals surface area contributed by atoms with Crippen LogP contribution in [0, 0.1) is 0 Å². The second-order valence-electron chi connectivity index (χ2n) is 3.17. The minimum absolute atomic E-state index is 0.333. The highest BCUT2D eigenvalue weighted by molar-refractivity contribution is 5.09. The van der Waals surface area contributed by atoms with Crippen molar-refractivity contribution in [2.75, 3.05) is 7.05 Å². The molecule has 11 heavy (non-hydrogen) atoms. The first kappa shape index (κ1) is 6.85. The molecule has 0 spiro atoms. The summed E-state index contributed by atoms with van der Waals surface area (Å²) in [5, 5.41) is 3.30. The average Bonchev–Trinajstić information content (AvgIpc) is 2.59. The van der Waals surface area contributed by atoms with Gasteiger partial charge in [0.05, 0.1) is 6.20 Å². The van der Waals surface area contributed by atoms with Crippen LogP contribution in [0.15, 0.2) is 17.0 Å². The fourth-order valence-corrected chi connectivity index (χ4v) is 1.33. The van der Waals surface area contributed by atoms with Crippen molar-refractivity contribution < 1.29 is 4.42 Å². The van der Waals surface area contributed by atoms with E-state index < -0.39 is 0 Å². The van der Waals surface area contributed by atoms with E-state index in [4.69, 9.17) is 4.42 Å². The van der Waals surface area contributed by atoms with Crippen molar-refractivity contribution in [1.82, 2.24) is 10.3 Å². The Kier molecular flexibility index (Phi) is 1.46. The first-order valence-electron chi connectivity index (χ1n) is 3.91. The van der Waals surface area contributed by atoms with Crippen molar-refractivity contribution in [3.63, 3.8) is 0 Å². The zero-order valence-electron chi connectivity index (χ0n) is 6.63. The number of aromatic nitrogens is 1. The third-order valence-corrected chi connectivity index (χ3v) is 2.38. The van der Waals surface area contributed by atoms with Crippen LogP contribution in [0.1, 0.15) is 18.6 Å². The molecule has 1 aromatic rings. The number of nitrogens with one attached hydrogen (secondary N) is 1. The molecule has 3 nitrogen and oxygen atoms in total. The van der Waals surface area contributed by atoms with Crippen molar-refractivity contribution in [1.29, 1.82) is 0 Å². The maximum absolute atomic E-state index is 5.16. The van der Waals surface area contributed by atoms with Gasteiger partial charge >= 0.3 is 0 Å². The van der Waals surface area contributed by atoms with Crippen molar-refractivity contribution >= 4 is 0 Å². The summed E-state index contributed by atoms with van der Waals surface area (Å²) in [4.78, 5) is 3.87. The number of oxazole rings is 1. The fraction of sp³-hybridized carbons (Fsp3) is 0.625. The van der Waals surface area contributed by atoms with Gasteiger partial charge in [-0.2, -0.15) is 0 Å². The van der Waals surface area contributed by atoms with Gasteiger partial charge < -0.3 is 9.73 Å². The fourth-order valence-electron chi connectivity index (χ4n) is 1.33. The minimum atomic E-state index is 0.333. The SMILES string of the molecule is CNC1(Cc2cnco2)CC1. The predicted octanol–water partition coefficient (Wildman–Crippen LogP) is 0.969. The van der Waals surface area contributed by atoms with Crippen LogP contribution in [-0.4, -0.2) is 17.6 Å². The molecule has 0 radical (unpaired) electrons. The molecule has 1 aliphatic carbocycles. The third-order valence-electron chi connectivity index (χ3n) is 2.38. The van der Waals surface area contributed by atoms with Gasteiger partial charge in [-0.05, 0) is 19.9 Å². The van der Waals surface area contributed by atoms with Gasteiger partial charge in [0.1, 0.15) is 5.76 Å². The van der Waals surface area contributed by atoms with Gasteiger partial charge in [0.25, 0.3) is 0 Å². The van der Waals surface area contributed by atoms with Crippen molar-refractivity contribution in [3.8, 4) is 0 Å². The van der Waals surface area contributed by atoms with Gasteiger partial charge in [-0.25, -0.2) is 4.98 Å². The van der Waals surface area contributed by atoms with Crippen LogP contribution in [0.2, 0.25) is 0 Å². The monoisotopic (exact) mass is 152 g/mol. The molecule has 3 heteroatoms. The second-order valence-corrected chi connectivity index (χ2v) is 3.17. The molecule has 0 atom stereocenters. The first-order valence-corrected chi connectivity index (χ1v) is 3.91. The summed E-state index contributed by atoms with van der Waals surface area (Å²) in [6.07, 6.45) is 6.76. The standard InChI is InChI=1S/C8H12N2O/c1-9-8(2-3-8)4-7-5-10-6-11-7/h5-6,9H,2-4H2,1H3. The van der Waals surface area contributed by atoms with Crippen LogP contribution in [0.3, 0.4) is 0 Å². The summed E-state index contributed by atoms with van der Waals surface area (Å²) in [6, 6.07) is 0. The van der Waals surface area contributed by atoms with Crippen LogP contribution >= 0.6 is 0 Å². The number of hydrogen-bond donors (Lipinski definition) is 1. The quantitative estimate of drug-likeness (QED) is 0.701. The largest absolute Gasteiger partial charge is 0.448 e. The van der Waals surface area contributed by atoms with Crippen LogP contribution in [-0.2, 0) is 6.42 Å². The summed E-state index contributed by atoms with van der Waals surface area (Å²) in [6.45, 7) is 0. The number of nitrogens with zero attached hydrogens (tertiary/aromatic N) is 1. The molecule has 0 aliphatic heterocycles. The molecule has 0 saturated heterocycles. The van der Waals surface area contributed by atoms with E-state index in [1.165, 1.54) is 19.2 Å². The normalized spacial score (nSPS) is 20.1. The zero-order valence-corrected chi connectivity index (χ0v) is 6.63. The lowest BCUT2D eigenvalue weighted by molar-refractivity contribution is 0.447. The Labute approximate surface area is 65.8 Å². The van der Waals surface area contributed by atoms with Crippen LogP contribution < -0.4 is 5.32 Å². The van der Waals surface area contributed by atoms with Crippen LogP contribution in [0.4, 0.5) is 0 Å². The molecule has 1 heterocycles. The molecule has 1 aliphatic rings. The van der Waals surface area contributed by atoms with E-state index in [0.717, 1.165) is 12.2 Å². The Morgan fingerprint density at radius 2 is 2.55 bits per heavy atom. The summed E-state index contributed by atoms with van der Waals surface area (Å²) >= 11 is 0. The number of rotatable bonds is 3. The van der Waals surface area contributed by atoms with E-state index >= 15 is 0 Å². The van der Waals surface area contributed by atoms with Gasteiger partial charge in [0.2, 0.25) is 0 Å². The number of hydrogen-bond acceptors (Lipinski definition) is 3. The lowest BCUT2D eigenvalue weighted by Gasteiger charge is -2.10. The Morgan fingerprint density at radius 1 is 1.73 bits per heavy atom. The maximum Gasteiger partial charge on any atom is 0.180 e. The lowest BCUT2D eigenvalue weighted by atomic mass is 10.1. The zero-order chi connectivity index (χ0) is 7.73. The third kappa shape index (κ3) is 1.28. The molecular weight excluding hydrogens is 140 g/mol. The topological polar surface area (TPSA) is 38.1 Å². The lowest BCUT2D eigenvalue weighted by Crippen LogP contribution is -2.29. The van der Waals surface area contributed by atoms with E-state index in [0.29, 0.717) is 5.54 Å². The predicted molar refractivity (Wildman–Crippen MR) is 41.2 cm³/mol. The van der Waals surface area contributed by atoms with E-state index in [1.807, 2.05) is 7.05 Å². The van der Waals surface area contributed by atoms with Gasteiger partial charge in [-0.1, -0.05) is 0 Å². The molecule has 1 fully saturated rings. The van der Waals surface area contributed by atoms with Gasteiger partial charge in [0, 0.05) is 12.0 Å². The van der Waals surface area contributed by atoms with Crippen LogP contribution in [0.25, 0.3) is 0 Å². The van der Waals surface area contributed by atoms with E-state index in [1.54, 1.807) is 6.20 Å². The van der Waals surface area contributed by atoms with Crippen molar-refractivity contribution in [3.05, 3.63) is 18.4 Å². The Hall–Kier alpha value is -0.830. The molecule has 60 valence electrons. The molecule has 1 N–H and O–H groups in total. The highest BCUT2D eigenvalue weighted by atomic mass is 16.3. The molecule has 0 aromatic carbocycles. The van der Waals surface area contributed by atoms with Crippen molar-refractivity contribution in [2.45, 2.75) is 24.8 Å². The molecule has 0 unspecified atom stereocenters. The first-order chi connectivity index (χ1) is 5.35. The molecule has 2 rings (SSSR count). The molecular formula is C8H12N2O. The molecule has 1 aromatic heterocycles. The summed E-state index contributed by atoms with van der Waals surface area (Å²) in [5.41, 5.74) is 0.333. The summed E-state index contributed by atoms with van der Waals surface area (Å²) in [5.74, 6) is 0.983. The maximum atomic E-state index is 5.16. The summed E-state index contributed by atoms with van der Waals surface area (Å²) in [7, 11) is 2.00. The van der Waals surface area contributed by atoms with Crippen LogP contribution in [0.5, 0.6) is 0 Å². The van der Waals surface area contributed by atoms with E-state index in [-0.39, 0.29) is 0 Å². The molecule has 0 bridgehead atoms. The minimum Gasteiger partial charge on any atom is -0.448 e. The smallest absolute Gasteiger partial charge is 0.180 e. The highest BCUT2D eigenvalue weighted by Crippen LogP contribution is 2.37. The van der Waals surface area contributed by atoms with Gasteiger partial charge in [-0.3, -0.25) is 0 Å². The average molecular weight is 152 g/mol. The number of likely N-dealkylation sites (N-methyl/N-ethyl adjacent to an activating group) is 1. The van der Waals surface area contributed by atoms with Crippen molar-refractivity contribution in [2.24, 2.45) is 0 Å². The van der Waals surface area contributed by atoms with E-state index in [9.17, 15) is 0 Å².